The quantitative estimate of drug-likeness (QED) is 0.687. The fraction of sp³-hybridized carbons (Fsp3) is 0.111. The highest BCUT2D eigenvalue weighted by molar-refractivity contribution is 8.09. The third kappa shape index (κ3) is 1.60. The van der Waals surface area contributed by atoms with Gasteiger partial charge in [-0.15, -0.1) is 0 Å². The average molecular weight is 248 g/mol. The van der Waals surface area contributed by atoms with E-state index in [-0.39, 0.29) is 10.5 Å². The highest BCUT2D eigenvalue weighted by Gasteiger charge is 2.23. The molecule has 1 aliphatic heterocycles. The van der Waals surface area contributed by atoms with Crippen LogP contribution in [0.25, 0.3) is 0 Å². The third-order valence-electron chi connectivity index (χ3n) is 1.89. The predicted molar refractivity (Wildman–Crippen MR) is 59.4 cm³/mol. The van der Waals surface area contributed by atoms with Crippen LogP contribution in [0.4, 0.5) is 0 Å². The van der Waals surface area contributed by atoms with Gasteiger partial charge in [-0.25, -0.2) is 4.68 Å². The molecule has 1 aromatic heterocycles. The first-order valence-corrected chi connectivity index (χ1v) is 5.77. The molecular formula is C9H4N4OS2. The standard InChI is InChI=1S/C9H4N4OS2/c1-13-9(14)8-7(4-12-13)15-5(2-10)6(3-11)16-8/h4H,1H3. The zero-order valence-electron chi connectivity index (χ0n) is 8.09. The molecular weight excluding hydrogens is 244 g/mol. The molecule has 1 aromatic rings. The molecule has 7 heteroatoms. The number of fused-ring (bicyclic) bond motifs is 1. The molecule has 0 amide bonds. The zero-order chi connectivity index (χ0) is 11.7. The molecule has 2 rings (SSSR count). The molecule has 0 aliphatic carbocycles. The Morgan fingerprint density at radius 2 is 1.94 bits per heavy atom. The Hall–Kier alpha value is -1.70. The number of aryl methyl sites for hydroxylation is 1. The number of thioether (sulfide) groups is 2. The summed E-state index contributed by atoms with van der Waals surface area (Å²) in [5.74, 6) is 0. The number of rotatable bonds is 0. The van der Waals surface area contributed by atoms with Crippen molar-refractivity contribution in [2.75, 3.05) is 0 Å². The van der Waals surface area contributed by atoms with Crippen LogP contribution >= 0.6 is 23.5 Å². The molecule has 16 heavy (non-hydrogen) atoms. The van der Waals surface area contributed by atoms with Crippen LogP contribution in [0, 0.1) is 22.7 Å². The van der Waals surface area contributed by atoms with E-state index in [1.54, 1.807) is 7.05 Å². The van der Waals surface area contributed by atoms with E-state index in [4.69, 9.17) is 10.5 Å². The topological polar surface area (TPSA) is 82.5 Å². The lowest BCUT2D eigenvalue weighted by Gasteiger charge is -2.13. The van der Waals surface area contributed by atoms with Gasteiger partial charge in [-0.1, -0.05) is 23.5 Å². The Balaban J connectivity index is 2.62. The Bertz CT molecular complexity index is 632. The lowest BCUT2D eigenvalue weighted by atomic mass is 10.5. The van der Waals surface area contributed by atoms with Crippen LogP contribution in [-0.2, 0) is 7.05 Å². The lowest BCUT2D eigenvalue weighted by molar-refractivity contribution is 0.671. The number of nitriles is 2. The van der Waals surface area contributed by atoms with Gasteiger partial charge < -0.3 is 0 Å². The number of allylic oxidation sites excluding steroid dienone is 2. The molecule has 2 heterocycles. The summed E-state index contributed by atoms with van der Waals surface area (Å²) in [7, 11) is 1.55. The Labute approximate surface area is 99.4 Å². The summed E-state index contributed by atoms with van der Waals surface area (Å²) in [5, 5.41) is 21.6. The number of nitrogens with zero attached hydrogens (tertiary/aromatic N) is 4. The van der Waals surface area contributed by atoms with Crippen LogP contribution < -0.4 is 5.56 Å². The van der Waals surface area contributed by atoms with Crippen molar-refractivity contribution >= 4 is 23.5 Å². The van der Waals surface area contributed by atoms with Crippen LogP contribution in [0.15, 0.2) is 30.6 Å². The van der Waals surface area contributed by atoms with E-state index in [0.29, 0.717) is 14.7 Å². The second-order valence-corrected chi connectivity index (χ2v) is 4.93. The Morgan fingerprint density at radius 3 is 2.56 bits per heavy atom. The molecule has 0 atom stereocenters. The highest BCUT2D eigenvalue weighted by Crippen LogP contribution is 2.43. The molecule has 0 unspecified atom stereocenters. The molecule has 0 saturated carbocycles. The first-order chi connectivity index (χ1) is 7.67. The summed E-state index contributed by atoms with van der Waals surface area (Å²) < 4.78 is 1.21. The van der Waals surface area contributed by atoms with E-state index >= 15 is 0 Å². The van der Waals surface area contributed by atoms with E-state index < -0.39 is 0 Å². The summed E-state index contributed by atoms with van der Waals surface area (Å²) in [5.41, 5.74) is -0.250. The third-order valence-corrected chi connectivity index (χ3v) is 4.27. The van der Waals surface area contributed by atoms with Crippen molar-refractivity contribution in [3.63, 3.8) is 0 Å². The van der Waals surface area contributed by atoms with Crippen LogP contribution in [0.1, 0.15) is 0 Å². The molecule has 0 spiro atoms. The van der Waals surface area contributed by atoms with Gasteiger partial charge in [-0.05, 0) is 0 Å². The summed E-state index contributed by atoms with van der Waals surface area (Å²) in [6.45, 7) is 0. The van der Waals surface area contributed by atoms with Crippen molar-refractivity contribution in [3.05, 3.63) is 26.4 Å². The maximum atomic E-state index is 11.7. The number of hydrogen-bond acceptors (Lipinski definition) is 6. The molecule has 0 bridgehead atoms. The molecule has 0 N–H and O–H groups in total. The average Bonchev–Trinajstić information content (AvgIpc) is 2.32. The summed E-state index contributed by atoms with van der Waals surface area (Å²) in [6.07, 6.45) is 1.53. The van der Waals surface area contributed by atoms with Gasteiger partial charge in [-0.2, -0.15) is 15.6 Å². The minimum absolute atomic E-state index is 0.250. The molecule has 5 nitrogen and oxygen atoms in total. The van der Waals surface area contributed by atoms with Gasteiger partial charge >= 0.3 is 0 Å². The fourth-order valence-electron chi connectivity index (χ4n) is 1.12. The number of hydrogen-bond donors (Lipinski definition) is 0. The Kier molecular flexibility index (Phi) is 2.73. The molecule has 0 fully saturated rings. The summed E-state index contributed by atoms with van der Waals surface area (Å²) in [4.78, 5) is 13.4. The van der Waals surface area contributed by atoms with Crippen LogP contribution in [-0.4, -0.2) is 9.78 Å². The summed E-state index contributed by atoms with van der Waals surface area (Å²) in [6, 6.07) is 3.87. The molecule has 0 saturated heterocycles. The van der Waals surface area contributed by atoms with Crippen LogP contribution in [0.2, 0.25) is 0 Å². The molecule has 0 aromatic carbocycles. The van der Waals surface area contributed by atoms with Crippen molar-refractivity contribution in [1.29, 1.82) is 10.5 Å². The first-order valence-electron chi connectivity index (χ1n) is 4.14. The largest absolute Gasteiger partial charge is 0.281 e. The SMILES string of the molecule is Cn1ncc2c(c1=O)SC(C#N)=C(C#N)S2. The van der Waals surface area contributed by atoms with E-state index in [1.807, 2.05) is 12.1 Å². The van der Waals surface area contributed by atoms with Gasteiger partial charge in [0.2, 0.25) is 0 Å². The fourth-order valence-corrected chi connectivity index (χ4v) is 3.07. The lowest BCUT2D eigenvalue weighted by Crippen LogP contribution is -2.22. The molecule has 1 aliphatic rings. The van der Waals surface area contributed by atoms with Gasteiger partial charge in [0.1, 0.15) is 21.9 Å². The first kappa shape index (κ1) is 10.8. The van der Waals surface area contributed by atoms with Crippen LogP contribution in [0.5, 0.6) is 0 Å². The van der Waals surface area contributed by atoms with Gasteiger partial charge in [0.25, 0.3) is 5.56 Å². The normalized spacial score (nSPS) is 13.9. The molecule has 0 radical (unpaired) electrons. The van der Waals surface area contributed by atoms with Crippen molar-refractivity contribution in [1.82, 2.24) is 9.78 Å². The van der Waals surface area contributed by atoms with Crippen molar-refractivity contribution in [2.45, 2.75) is 9.79 Å². The second-order valence-electron chi connectivity index (χ2n) is 2.85. The highest BCUT2D eigenvalue weighted by atomic mass is 32.2. The van der Waals surface area contributed by atoms with Crippen molar-refractivity contribution in [3.8, 4) is 12.1 Å². The maximum absolute atomic E-state index is 11.7. The predicted octanol–water partition coefficient (Wildman–Crippen LogP) is 1.24. The summed E-state index contributed by atoms with van der Waals surface area (Å²) >= 11 is 2.14. The van der Waals surface area contributed by atoms with Crippen molar-refractivity contribution in [2.24, 2.45) is 7.05 Å². The van der Waals surface area contributed by atoms with Crippen molar-refractivity contribution < 1.29 is 0 Å². The maximum Gasteiger partial charge on any atom is 0.281 e. The van der Waals surface area contributed by atoms with E-state index in [9.17, 15) is 4.79 Å². The number of aromatic nitrogens is 2. The van der Waals surface area contributed by atoms with Gasteiger partial charge in [0.05, 0.1) is 16.0 Å². The second kappa shape index (κ2) is 4.05. The van der Waals surface area contributed by atoms with E-state index in [2.05, 4.69) is 5.10 Å². The monoisotopic (exact) mass is 248 g/mol. The zero-order valence-corrected chi connectivity index (χ0v) is 9.72. The minimum atomic E-state index is -0.250. The smallest absolute Gasteiger partial charge is 0.266 e. The van der Waals surface area contributed by atoms with Crippen LogP contribution in [0.3, 0.4) is 0 Å². The van der Waals surface area contributed by atoms with E-state index in [1.165, 1.54) is 10.9 Å². The Morgan fingerprint density at radius 1 is 1.31 bits per heavy atom. The molecule has 78 valence electrons. The van der Waals surface area contributed by atoms with Gasteiger partial charge in [0, 0.05) is 7.05 Å². The van der Waals surface area contributed by atoms with Gasteiger partial charge in [-0.3, -0.25) is 4.79 Å². The van der Waals surface area contributed by atoms with Gasteiger partial charge in [0.15, 0.2) is 0 Å². The minimum Gasteiger partial charge on any atom is -0.266 e. The van der Waals surface area contributed by atoms with E-state index in [0.717, 1.165) is 23.5 Å².